The van der Waals surface area contributed by atoms with E-state index in [1.54, 1.807) is 6.08 Å². The van der Waals surface area contributed by atoms with E-state index in [0.29, 0.717) is 6.61 Å². The molecule has 0 aliphatic heterocycles. The lowest BCUT2D eigenvalue weighted by Gasteiger charge is -2.37. The molecule has 0 spiro atoms. The highest BCUT2D eigenvalue weighted by Crippen LogP contribution is 2.40. The molecule has 0 radical (unpaired) electrons. The fourth-order valence-electron chi connectivity index (χ4n) is 2.39. The zero-order valence-electron chi connectivity index (χ0n) is 11.4. The van der Waals surface area contributed by atoms with E-state index in [4.69, 9.17) is 4.74 Å². The van der Waals surface area contributed by atoms with Crippen LogP contribution in [-0.2, 0) is 16.1 Å². The number of hydrogen-bond donors (Lipinski definition) is 0. The molecule has 1 aliphatic carbocycles. The van der Waals surface area contributed by atoms with E-state index in [-0.39, 0.29) is 5.78 Å². The second-order valence-corrected chi connectivity index (χ2v) is 5.10. The van der Waals surface area contributed by atoms with Crippen molar-refractivity contribution in [1.29, 1.82) is 0 Å². The van der Waals surface area contributed by atoms with E-state index in [9.17, 15) is 4.79 Å². The molecule has 0 aromatic heterocycles. The molecule has 0 amide bonds. The van der Waals surface area contributed by atoms with E-state index in [1.165, 1.54) is 0 Å². The molecular weight excluding hydrogens is 248 g/mol. The first kappa shape index (κ1) is 12.8. The van der Waals surface area contributed by atoms with Crippen LogP contribution in [0.4, 0.5) is 0 Å². The minimum absolute atomic E-state index is 0.0345. The minimum Gasteiger partial charge on any atom is -0.358 e. The standard InChI is InChI=1S/C18H16O2/c1-18(20-13-14-8-4-2-5-9-14)16(12-17(18)19)15-10-6-3-7-11-15/h2-12H,13H2,1H3. The van der Waals surface area contributed by atoms with E-state index >= 15 is 0 Å². The molecule has 0 heterocycles. The van der Waals surface area contributed by atoms with E-state index in [2.05, 4.69) is 0 Å². The van der Waals surface area contributed by atoms with Crippen molar-refractivity contribution >= 4 is 11.4 Å². The molecule has 2 heteroatoms. The Bertz CT molecular complexity index is 644. The van der Waals surface area contributed by atoms with Gasteiger partial charge in [0, 0.05) is 5.57 Å². The van der Waals surface area contributed by atoms with Gasteiger partial charge in [-0.3, -0.25) is 4.79 Å². The molecule has 0 N–H and O–H groups in total. The molecule has 100 valence electrons. The highest BCUT2D eigenvalue weighted by atomic mass is 16.5. The molecular formula is C18H16O2. The minimum atomic E-state index is -0.822. The molecule has 20 heavy (non-hydrogen) atoms. The summed E-state index contributed by atoms with van der Waals surface area (Å²) >= 11 is 0. The maximum Gasteiger partial charge on any atom is 0.192 e. The van der Waals surface area contributed by atoms with Crippen LogP contribution in [0.25, 0.3) is 5.57 Å². The van der Waals surface area contributed by atoms with Gasteiger partial charge >= 0.3 is 0 Å². The van der Waals surface area contributed by atoms with Gasteiger partial charge in [-0.25, -0.2) is 0 Å². The van der Waals surface area contributed by atoms with Crippen LogP contribution in [0.15, 0.2) is 66.7 Å². The van der Waals surface area contributed by atoms with Gasteiger partial charge in [0.15, 0.2) is 11.4 Å². The van der Waals surface area contributed by atoms with Gasteiger partial charge < -0.3 is 4.74 Å². The van der Waals surface area contributed by atoms with Crippen LogP contribution in [0, 0.1) is 0 Å². The number of carbonyl (C=O) groups excluding carboxylic acids is 1. The first-order valence-corrected chi connectivity index (χ1v) is 6.70. The summed E-state index contributed by atoms with van der Waals surface area (Å²) in [6.07, 6.45) is 1.67. The van der Waals surface area contributed by atoms with Crippen LogP contribution in [0.1, 0.15) is 18.1 Å². The third-order valence-corrected chi connectivity index (χ3v) is 3.71. The molecule has 1 atom stereocenters. The van der Waals surface area contributed by atoms with Gasteiger partial charge in [-0.1, -0.05) is 60.7 Å². The number of rotatable bonds is 4. The Hall–Kier alpha value is -2.19. The molecule has 2 aromatic carbocycles. The van der Waals surface area contributed by atoms with Crippen molar-refractivity contribution in [1.82, 2.24) is 0 Å². The number of ketones is 1. The van der Waals surface area contributed by atoms with E-state index < -0.39 is 5.60 Å². The van der Waals surface area contributed by atoms with E-state index in [0.717, 1.165) is 16.7 Å². The third-order valence-electron chi connectivity index (χ3n) is 3.71. The topological polar surface area (TPSA) is 26.3 Å². The van der Waals surface area contributed by atoms with Crippen LogP contribution >= 0.6 is 0 Å². The number of hydrogen-bond acceptors (Lipinski definition) is 2. The Morgan fingerprint density at radius 2 is 1.55 bits per heavy atom. The van der Waals surface area contributed by atoms with Crippen molar-refractivity contribution in [3.63, 3.8) is 0 Å². The molecule has 2 aromatic rings. The predicted molar refractivity (Wildman–Crippen MR) is 79.1 cm³/mol. The van der Waals surface area contributed by atoms with Crippen molar-refractivity contribution in [3.05, 3.63) is 77.9 Å². The third kappa shape index (κ3) is 2.19. The summed E-state index contributed by atoms with van der Waals surface area (Å²) in [6.45, 7) is 2.29. The van der Waals surface area contributed by atoms with Crippen molar-refractivity contribution in [2.75, 3.05) is 0 Å². The maximum atomic E-state index is 12.0. The number of carbonyl (C=O) groups is 1. The summed E-state index contributed by atoms with van der Waals surface area (Å²) in [6, 6.07) is 19.8. The Labute approximate surface area is 118 Å². The van der Waals surface area contributed by atoms with Crippen LogP contribution in [0.5, 0.6) is 0 Å². The molecule has 1 unspecified atom stereocenters. The average molecular weight is 264 g/mol. The SMILES string of the molecule is CC1(OCc2ccccc2)C(=O)C=C1c1ccccc1. The smallest absolute Gasteiger partial charge is 0.192 e. The van der Waals surface area contributed by atoms with Crippen molar-refractivity contribution < 1.29 is 9.53 Å². The molecule has 2 nitrogen and oxygen atoms in total. The lowest BCUT2D eigenvalue weighted by atomic mass is 9.76. The summed E-state index contributed by atoms with van der Waals surface area (Å²) < 4.78 is 5.91. The van der Waals surface area contributed by atoms with Crippen LogP contribution in [0.2, 0.25) is 0 Å². The summed E-state index contributed by atoms with van der Waals surface area (Å²) in [7, 11) is 0. The monoisotopic (exact) mass is 264 g/mol. The first-order chi connectivity index (χ1) is 9.70. The summed E-state index contributed by atoms with van der Waals surface area (Å²) in [5.74, 6) is 0.0345. The molecule has 1 aliphatic rings. The molecule has 0 fully saturated rings. The van der Waals surface area contributed by atoms with Crippen molar-refractivity contribution in [2.45, 2.75) is 19.1 Å². The van der Waals surface area contributed by atoms with Crippen molar-refractivity contribution in [2.24, 2.45) is 0 Å². The normalized spacial score (nSPS) is 21.2. The molecule has 3 rings (SSSR count). The van der Waals surface area contributed by atoms with Crippen LogP contribution in [0.3, 0.4) is 0 Å². The van der Waals surface area contributed by atoms with E-state index in [1.807, 2.05) is 67.6 Å². The average Bonchev–Trinajstić information content (AvgIpc) is 2.52. The fraction of sp³-hybridized carbons (Fsp3) is 0.167. The Balaban J connectivity index is 1.78. The van der Waals surface area contributed by atoms with Gasteiger partial charge in [-0.15, -0.1) is 0 Å². The van der Waals surface area contributed by atoms with Gasteiger partial charge in [-0.05, 0) is 24.1 Å². The lowest BCUT2D eigenvalue weighted by molar-refractivity contribution is -0.134. The summed E-state index contributed by atoms with van der Waals surface area (Å²) in [4.78, 5) is 12.0. The zero-order valence-corrected chi connectivity index (χ0v) is 11.4. The van der Waals surface area contributed by atoms with Crippen LogP contribution in [-0.4, -0.2) is 11.4 Å². The quantitative estimate of drug-likeness (QED) is 0.843. The van der Waals surface area contributed by atoms with Crippen LogP contribution < -0.4 is 0 Å². The highest BCUT2D eigenvalue weighted by molar-refractivity contribution is 6.20. The Kier molecular flexibility index (Phi) is 3.25. The van der Waals surface area contributed by atoms with Gasteiger partial charge in [0.1, 0.15) is 0 Å². The lowest BCUT2D eigenvalue weighted by Crippen LogP contribution is -2.45. The second-order valence-electron chi connectivity index (χ2n) is 5.10. The van der Waals surface area contributed by atoms with Gasteiger partial charge in [0.05, 0.1) is 6.61 Å². The van der Waals surface area contributed by atoms with Crippen molar-refractivity contribution in [3.8, 4) is 0 Å². The van der Waals surface area contributed by atoms with Gasteiger partial charge in [0.25, 0.3) is 0 Å². The zero-order chi connectivity index (χ0) is 14.0. The highest BCUT2D eigenvalue weighted by Gasteiger charge is 2.45. The maximum absolute atomic E-state index is 12.0. The van der Waals surface area contributed by atoms with Gasteiger partial charge in [0.2, 0.25) is 0 Å². The Morgan fingerprint density at radius 1 is 0.950 bits per heavy atom. The predicted octanol–water partition coefficient (Wildman–Crippen LogP) is 3.63. The largest absolute Gasteiger partial charge is 0.358 e. The molecule has 0 bridgehead atoms. The molecule has 0 saturated heterocycles. The summed E-state index contributed by atoms with van der Waals surface area (Å²) in [5, 5.41) is 0. The Morgan fingerprint density at radius 3 is 2.15 bits per heavy atom. The number of ether oxygens (including phenoxy) is 1. The summed E-state index contributed by atoms with van der Waals surface area (Å²) in [5.41, 5.74) is 2.25. The first-order valence-electron chi connectivity index (χ1n) is 6.70. The molecule has 0 saturated carbocycles. The second kappa shape index (κ2) is 5.06. The number of benzene rings is 2. The van der Waals surface area contributed by atoms with Gasteiger partial charge in [-0.2, -0.15) is 0 Å². The fourth-order valence-corrected chi connectivity index (χ4v) is 2.39.